The van der Waals surface area contributed by atoms with Crippen molar-refractivity contribution in [2.45, 2.75) is 32.6 Å². The lowest BCUT2D eigenvalue weighted by Gasteiger charge is -2.16. The van der Waals surface area contributed by atoms with Crippen LogP contribution in [0, 0.1) is 5.92 Å². The van der Waals surface area contributed by atoms with E-state index in [-0.39, 0.29) is 30.1 Å². The lowest BCUT2D eigenvalue weighted by atomic mass is 10.1. The predicted molar refractivity (Wildman–Crippen MR) is 114 cm³/mol. The van der Waals surface area contributed by atoms with E-state index < -0.39 is 0 Å². The second-order valence-corrected chi connectivity index (χ2v) is 9.03. The number of amides is 2. The first-order valence-electron chi connectivity index (χ1n) is 9.58. The Bertz CT molecular complexity index is 1060. The number of hydrogen-bond acceptors (Lipinski definition) is 5. The van der Waals surface area contributed by atoms with Crippen LogP contribution in [0.1, 0.15) is 36.8 Å². The van der Waals surface area contributed by atoms with E-state index in [9.17, 15) is 9.59 Å². The largest absolute Gasteiger partial charge is 0.361 e. The molecule has 3 aromatic rings. The number of nitrogens with zero attached hydrogens (tertiary/aromatic N) is 3. The van der Waals surface area contributed by atoms with Crippen LogP contribution >= 0.6 is 22.9 Å². The van der Waals surface area contributed by atoms with Crippen LogP contribution in [0.15, 0.2) is 24.4 Å². The van der Waals surface area contributed by atoms with Crippen molar-refractivity contribution in [2.75, 3.05) is 18.4 Å². The molecule has 1 saturated heterocycles. The molecule has 0 bridgehead atoms. The maximum absolute atomic E-state index is 12.6. The van der Waals surface area contributed by atoms with Crippen molar-refractivity contribution in [3.63, 3.8) is 0 Å². The molecule has 0 radical (unpaired) electrons. The van der Waals surface area contributed by atoms with Crippen molar-refractivity contribution in [2.24, 2.45) is 5.92 Å². The van der Waals surface area contributed by atoms with Crippen molar-refractivity contribution in [3.8, 4) is 0 Å². The molecule has 2 aromatic heterocycles. The average molecular weight is 432 g/mol. The van der Waals surface area contributed by atoms with Gasteiger partial charge in [0.05, 0.1) is 5.92 Å². The molecule has 1 aliphatic heterocycles. The Kier molecular flexibility index (Phi) is 5.56. The maximum Gasteiger partial charge on any atom is 0.231 e. The molecule has 4 rings (SSSR count). The Balaban J connectivity index is 1.36. The monoisotopic (exact) mass is 431 g/mol. The van der Waals surface area contributed by atoms with E-state index in [1.807, 2.05) is 38.2 Å². The zero-order valence-corrected chi connectivity index (χ0v) is 17.8. The number of halogens is 1. The minimum absolute atomic E-state index is 0.00292. The van der Waals surface area contributed by atoms with Crippen LogP contribution in [0.4, 0.5) is 5.13 Å². The van der Waals surface area contributed by atoms with Gasteiger partial charge in [-0.05, 0) is 30.2 Å². The van der Waals surface area contributed by atoms with Crippen molar-refractivity contribution >= 4 is 50.8 Å². The van der Waals surface area contributed by atoms with Crippen LogP contribution in [-0.4, -0.2) is 45.0 Å². The van der Waals surface area contributed by atoms with Gasteiger partial charge in [0.2, 0.25) is 16.9 Å². The second kappa shape index (κ2) is 8.12. The number of nitrogens with one attached hydrogen (secondary N) is 2. The molecule has 1 aromatic carbocycles. The third kappa shape index (κ3) is 4.28. The molecule has 1 fully saturated rings. The molecule has 9 heteroatoms. The number of aromatic amines is 1. The van der Waals surface area contributed by atoms with Crippen molar-refractivity contribution in [3.05, 3.63) is 40.0 Å². The van der Waals surface area contributed by atoms with Gasteiger partial charge in [0, 0.05) is 47.6 Å². The molecule has 7 nitrogen and oxygen atoms in total. The number of benzene rings is 1. The summed E-state index contributed by atoms with van der Waals surface area (Å²) in [6.45, 7) is 5.05. The number of anilines is 1. The Morgan fingerprint density at radius 1 is 1.41 bits per heavy atom. The summed E-state index contributed by atoms with van der Waals surface area (Å²) >= 11 is 7.48. The number of aromatic nitrogens is 3. The maximum atomic E-state index is 12.6. The third-order valence-electron chi connectivity index (χ3n) is 5.13. The number of fused-ring (bicyclic) bond motifs is 1. The number of rotatable bonds is 6. The van der Waals surface area contributed by atoms with E-state index in [0.29, 0.717) is 29.7 Å². The van der Waals surface area contributed by atoms with Gasteiger partial charge in [0.15, 0.2) is 0 Å². The molecule has 1 aliphatic rings. The lowest BCUT2D eigenvalue weighted by Crippen LogP contribution is -2.30. The summed E-state index contributed by atoms with van der Waals surface area (Å²) in [7, 11) is 0. The molecule has 0 saturated carbocycles. The van der Waals surface area contributed by atoms with Gasteiger partial charge in [-0.15, -0.1) is 10.2 Å². The average Bonchev–Trinajstić information content (AvgIpc) is 3.39. The summed E-state index contributed by atoms with van der Waals surface area (Å²) in [4.78, 5) is 29.9. The minimum atomic E-state index is -0.369. The normalized spacial score (nSPS) is 16.9. The van der Waals surface area contributed by atoms with Crippen molar-refractivity contribution in [1.82, 2.24) is 20.1 Å². The summed E-state index contributed by atoms with van der Waals surface area (Å²) < 4.78 is 0. The highest BCUT2D eigenvalue weighted by atomic mass is 35.5. The fraction of sp³-hybridized carbons (Fsp3) is 0.400. The first-order chi connectivity index (χ1) is 13.9. The van der Waals surface area contributed by atoms with Crippen LogP contribution in [-0.2, 0) is 16.0 Å². The van der Waals surface area contributed by atoms with Gasteiger partial charge in [-0.3, -0.25) is 9.59 Å². The molecule has 29 heavy (non-hydrogen) atoms. The van der Waals surface area contributed by atoms with Crippen molar-refractivity contribution < 1.29 is 9.59 Å². The highest BCUT2D eigenvalue weighted by Crippen LogP contribution is 2.26. The first-order valence-corrected chi connectivity index (χ1v) is 10.8. The highest BCUT2D eigenvalue weighted by molar-refractivity contribution is 7.15. The van der Waals surface area contributed by atoms with E-state index in [1.54, 1.807) is 4.90 Å². The Morgan fingerprint density at radius 2 is 2.24 bits per heavy atom. The van der Waals surface area contributed by atoms with E-state index in [2.05, 4.69) is 20.5 Å². The SMILES string of the molecule is CC(C)c1nnc(NC(=O)C2CC(=O)N(CCc3c[nH]c4ccc(Cl)cc34)C2)s1. The number of carbonyl (C=O) groups is 2. The molecule has 2 amide bonds. The molecular weight excluding hydrogens is 410 g/mol. The van der Waals surface area contributed by atoms with E-state index in [0.717, 1.165) is 21.5 Å². The molecular formula is C20H22ClN5O2S. The summed E-state index contributed by atoms with van der Waals surface area (Å²) in [6, 6.07) is 5.72. The molecule has 0 spiro atoms. The zero-order valence-electron chi connectivity index (χ0n) is 16.2. The van der Waals surface area contributed by atoms with Crippen molar-refractivity contribution in [1.29, 1.82) is 0 Å². The van der Waals surface area contributed by atoms with Crippen LogP contribution in [0.2, 0.25) is 5.02 Å². The molecule has 152 valence electrons. The minimum Gasteiger partial charge on any atom is -0.361 e. The van der Waals surface area contributed by atoms with Gasteiger partial charge >= 0.3 is 0 Å². The molecule has 1 atom stereocenters. The van der Waals surface area contributed by atoms with Crippen LogP contribution in [0.5, 0.6) is 0 Å². The third-order valence-corrected chi connectivity index (χ3v) is 6.50. The standard InChI is InChI=1S/C20H22ClN5O2S/c1-11(2)19-24-25-20(29-19)23-18(28)13-7-17(27)26(10-13)6-5-12-9-22-16-4-3-14(21)8-15(12)16/h3-4,8-9,11,13,22H,5-7,10H2,1-2H3,(H,23,25,28). The molecule has 2 N–H and O–H groups in total. The Morgan fingerprint density at radius 3 is 3.00 bits per heavy atom. The zero-order chi connectivity index (χ0) is 20.5. The summed E-state index contributed by atoms with van der Waals surface area (Å²) in [5.74, 6) is -0.276. The Labute approximate surface area is 177 Å². The quantitative estimate of drug-likeness (QED) is 0.620. The summed E-state index contributed by atoms with van der Waals surface area (Å²) in [5, 5.41) is 14.0. The van der Waals surface area contributed by atoms with Gasteiger partial charge in [-0.25, -0.2) is 0 Å². The fourth-order valence-corrected chi connectivity index (χ4v) is 4.42. The second-order valence-electron chi connectivity index (χ2n) is 7.58. The highest BCUT2D eigenvalue weighted by Gasteiger charge is 2.34. The van der Waals surface area contributed by atoms with E-state index in [1.165, 1.54) is 11.3 Å². The predicted octanol–water partition coefficient (Wildman–Crippen LogP) is 3.83. The molecule has 1 unspecified atom stereocenters. The van der Waals surface area contributed by atoms with Gasteiger partial charge in [0.25, 0.3) is 0 Å². The van der Waals surface area contributed by atoms with E-state index >= 15 is 0 Å². The first kappa shape index (κ1) is 19.8. The topological polar surface area (TPSA) is 91.0 Å². The fourth-order valence-electron chi connectivity index (χ4n) is 3.50. The van der Waals surface area contributed by atoms with E-state index in [4.69, 9.17) is 11.6 Å². The van der Waals surface area contributed by atoms with Gasteiger partial charge in [0.1, 0.15) is 5.01 Å². The smallest absolute Gasteiger partial charge is 0.231 e. The molecule has 3 heterocycles. The number of H-pyrrole nitrogens is 1. The Hall–Kier alpha value is -2.45. The summed E-state index contributed by atoms with van der Waals surface area (Å²) in [5.41, 5.74) is 2.13. The summed E-state index contributed by atoms with van der Waals surface area (Å²) in [6.07, 6.45) is 2.88. The number of carbonyl (C=O) groups excluding carboxylic acids is 2. The lowest BCUT2D eigenvalue weighted by molar-refractivity contribution is -0.128. The van der Waals surface area contributed by atoms with Gasteiger partial charge in [-0.1, -0.05) is 36.8 Å². The van der Waals surface area contributed by atoms with Crippen LogP contribution < -0.4 is 5.32 Å². The number of hydrogen-bond donors (Lipinski definition) is 2. The number of likely N-dealkylation sites (tertiary alicyclic amines) is 1. The van der Waals surface area contributed by atoms with Crippen LogP contribution in [0.3, 0.4) is 0 Å². The van der Waals surface area contributed by atoms with Gasteiger partial charge < -0.3 is 15.2 Å². The van der Waals surface area contributed by atoms with Gasteiger partial charge in [-0.2, -0.15) is 0 Å². The molecule has 0 aliphatic carbocycles. The van der Waals surface area contributed by atoms with Crippen LogP contribution in [0.25, 0.3) is 10.9 Å².